The third-order valence-corrected chi connectivity index (χ3v) is 2.67. The lowest BCUT2D eigenvalue weighted by Crippen LogP contribution is -2.29. The number of halogens is 1. The first-order valence-corrected chi connectivity index (χ1v) is 6.40. The van der Waals surface area contributed by atoms with Crippen molar-refractivity contribution in [3.05, 3.63) is 29.3 Å². The van der Waals surface area contributed by atoms with Crippen molar-refractivity contribution >= 4 is 23.3 Å². The van der Waals surface area contributed by atoms with Gasteiger partial charge in [-0.15, -0.1) is 0 Å². The molecule has 1 aromatic rings. The fourth-order valence-corrected chi connectivity index (χ4v) is 1.59. The van der Waals surface area contributed by atoms with Gasteiger partial charge in [0.1, 0.15) is 0 Å². The molecule has 0 aliphatic rings. The second-order valence-corrected chi connectivity index (χ2v) is 4.38. The van der Waals surface area contributed by atoms with E-state index in [-0.39, 0.29) is 6.03 Å². The lowest BCUT2D eigenvalue weighted by Gasteiger charge is -2.07. The number of hydrogen-bond donors (Lipinski definition) is 2. The van der Waals surface area contributed by atoms with Gasteiger partial charge in [0.2, 0.25) is 0 Å². The van der Waals surface area contributed by atoms with Crippen LogP contribution in [0.1, 0.15) is 32.6 Å². The van der Waals surface area contributed by atoms with Crippen molar-refractivity contribution in [2.24, 2.45) is 0 Å². The van der Waals surface area contributed by atoms with Crippen LogP contribution >= 0.6 is 11.6 Å². The van der Waals surface area contributed by atoms with E-state index in [2.05, 4.69) is 17.6 Å². The molecule has 0 aliphatic carbocycles. The lowest BCUT2D eigenvalue weighted by atomic mass is 10.2. The van der Waals surface area contributed by atoms with Gasteiger partial charge in [-0.1, -0.05) is 37.8 Å². The predicted molar refractivity (Wildman–Crippen MR) is 72.6 cm³/mol. The fraction of sp³-hybridized carbons (Fsp3) is 0.462. The quantitative estimate of drug-likeness (QED) is 0.739. The van der Waals surface area contributed by atoms with E-state index in [1.54, 1.807) is 24.3 Å². The van der Waals surface area contributed by atoms with E-state index in [9.17, 15) is 4.79 Å². The van der Waals surface area contributed by atoms with Crippen LogP contribution in [0.25, 0.3) is 0 Å². The molecule has 17 heavy (non-hydrogen) atoms. The van der Waals surface area contributed by atoms with Gasteiger partial charge >= 0.3 is 6.03 Å². The molecular formula is C13H19ClN2O. The van der Waals surface area contributed by atoms with E-state index in [4.69, 9.17) is 11.6 Å². The minimum atomic E-state index is -0.163. The molecule has 94 valence electrons. The maximum atomic E-state index is 11.5. The summed E-state index contributed by atoms with van der Waals surface area (Å²) in [7, 11) is 0. The number of rotatable bonds is 6. The molecule has 0 fully saturated rings. The second-order valence-electron chi connectivity index (χ2n) is 3.95. The third kappa shape index (κ3) is 6.17. The average molecular weight is 255 g/mol. The molecule has 0 radical (unpaired) electrons. The number of carbonyl (C=O) groups is 1. The van der Waals surface area contributed by atoms with Crippen molar-refractivity contribution in [1.29, 1.82) is 0 Å². The van der Waals surface area contributed by atoms with Crippen molar-refractivity contribution in [3.8, 4) is 0 Å². The highest BCUT2D eigenvalue weighted by Gasteiger charge is 2.00. The molecule has 2 amide bonds. The van der Waals surface area contributed by atoms with Crippen LogP contribution in [0.2, 0.25) is 5.02 Å². The van der Waals surface area contributed by atoms with Gasteiger partial charge in [-0.3, -0.25) is 0 Å². The van der Waals surface area contributed by atoms with E-state index in [0.717, 1.165) is 25.1 Å². The highest BCUT2D eigenvalue weighted by Crippen LogP contribution is 2.12. The number of carbonyl (C=O) groups excluding carboxylic acids is 1. The predicted octanol–water partition coefficient (Wildman–Crippen LogP) is 4.04. The average Bonchev–Trinajstić information content (AvgIpc) is 2.32. The van der Waals surface area contributed by atoms with Crippen LogP contribution < -0.4 is 10.6 Å². The number of hydrogen-bond acceptors (Lipinski definition) is 1. The molecule has 3 nitrogen and oxygen atoms in total. The number of benzene rings is 1. The molecule has 0 unspecified atom stereocenters. The maximum absolute atomic E-state index is 11.5. The molecule has 0 aliphatic heterocycles. The summed E-state index contributed by atoms with van der Waals surface area (Å²) in [5, 5.41) is 6.24. The first kappa shape index (κ1) is 13.8. The van der Waals surface area contributed by atoms with Crippen LogP contribution in [0, 0.1) is 0 Å². The van der Waals surface area contributed by atoms with Crippen molar-refractivity contribution < 1.29 is 4.79 Å². The minimum absolute atomic E-state index is 0.163. The van der Waals surface area contributed by atoms with E-state index in [1.165, 1.54) is 12.8 Å². The summed E-state index contributed by atoms with van der Waals surface area (Å²) in [6, 6.07) is 6.89. The zero-order chi connectivity index (χ0) is 12.5. The fourth-order valence-electron chi connectivity index (χ4n) is 1.46. The number of amides is 2. The van der Waals surface area contributed by atoms with Crippen molar-refractivity contribution in [2.45, 2.75) is 32.6 Å². The standard InChI is InChI=1S/C13H19ClN2O/c1-2-3-4-5-10-15-13(17)16-12-8-6-11(14)7-9-12/h6-9H,2-5,10H2,1H3,(H2,15,16,17). The second kappa shape index (κ2) is 7.96. The summed E-state index contributed by atoms with van der Waals surface area (Å²) < 4.78 is 0. The summed E-state index contributed by atoms with van der Waals surface area (Å²) in [6.45, 7) is 2.89. The number of nitrogens with one attached hydrogen (secondary N) is 2. The van der Waals surface area contributed by atoms with Crippen LogP contribution in [-0.4, -0.2) is 12.6 Å². The van der Waals surface area contributed by atoms with Gasteiger partial charge in [0, 0.05) is 17.3 Å². The van der Waals surface area contributed by atoms with Gasteiger partial charge in [-0.05, 0) is 30.7 Å². The van der Waals surface area contributed by atoms with Crippen LogP contribution in [-0.2, 0) is 0 Å². The summed E-state index contributed by atoms with van der Waals surface area (Å²) in [5.41, 5.74) is 0.750. The third-order valence-electron chi connectivity index (χ3n) is 2.42. The van der Waals surface area contributed by atoms with Crippen LogP contribution in [0.5, 0.6) is 0 Å². The van der Waals surface area contributed by atoms with Gasteiger partial charge in [-0.25, -0.2) is 4.79 Å². The van der Waals surface area contributed by atoms with Gasteiger partial charge in [0.15, 0.2) is 0 Å². The van der Waals surface area contributed by atoms with E-state index >= 15 is 0 Å². The Morgan fingerprint density at radius 3 is 2.53 bits per heavy atom. The molecule has 4 heteroatoms. The van der Waals surface area contributed by atoms with E-state index in [0.29, 0.717) is 5.02 Å². The Kier molecular flexibility index (Phi) is 6.48. The first-order valence-electron chi connectivity index (χ1n) is 6.03. The Balaban J connectivity index is 2.18. The molecule has 1 aromatic carbocycles. The van der Waals surface area contributed by atoms with E-state index < -0.39 is 0 Å². The number of unbranched alkanes of at least 4 members (excludes halogenated alkanes) is 3. The normalized spacial score (nSPS) is 10.0. The SMILES string of the molecule is CCCCCCNC(=O)Nc1ccc(Cl)cc1. The molecule has 0 heterocycles. The topological polar surface area (TPSA) is 41.1 Å². The van der Waals surface area contributed by atoms with Gasteiger partial charge in [0.05, 0.1) is 0 Å². The zero-order valence-corrected chi connectivity index (χ0v) is 10.9. The molecule has 0 saturated carbocycles. The van der Waals surface area contributed by atoms with Gasteiger partial charge in [0.25, 0.3) is 0 Å². The molecule has 0 bridgehead atoms. The smallest absolute Gasteiger partial charge is 0.319 e. The monoisotopic (exact) mass is 254 g/mol. The summed E-state index contributed by atoms with van der Waals surface area (Å²) in [6.07, 6.45) is 4.62. The molecular weight excluding hydrogens is 236 g/mol. The molecule has 0 atom stereocenters. The van der Waals surface area contributed by atoms with Crippen LogP contribution in [0.4, 0.5) is 10.5 Å². The number of anilines is 1. The van der Waals surface area contributed by atoms with Crippen LogP contribution in [0.3, 0.4) is 0 Å². The maximum Gasteiger partial charge on any atom is 0.319 e. The summed E-state index contributed by atoms with van der Waals surface area (Å²) in [5.74, 6) is 0. The zero-order valence-electron chi connectivity index (χ0n) is 10.1. The van der Waals surface area contributed by atoms with Gasteiger partial charge in [-0.2, -0.15) is 0 Å². The lowest BCUT2D eigenvalue weighted by molar-refractivity contribution is 0.252. The molecule has 0 aromatic heterocycles. The summed E-state index contributed by atoms with van der Waals surface area (Å²) in [4.78, 5) is 11.5. The van der Waals surface area contributed by atoms with E-state index in [1.807, 2.05) is 0 Å². The highest BCUT2D eigenvalue weighted by atomic mass is 35.5. The van der Waals surface area contributed by atoms with Crippen molar-refractivity contribution in [1.82, 2.24) is 5.32 Å². The molecule has 0 spiro atoms. The molecule has 1 rings (SSSR count). The first-order chi connectivity index (χ1) is 8.22. The largest absolute Gasteiger partial charge is 0.338 e. The summed E-state index contributed by atoms with van der Waals surface area (Å²) >= 11 is 5.75. The van der Waals surface area contributed by atoms with Gasteiger partial charge < -0.3 is 10.6 Å². The Bertz CT molecular complexity index is 338. The van der Waals surface area contributed by atoms with Crippen molar-refractivity contribution in [3.63, 3.8) is 0 Å². The Morgan fingerprint density at radius 1 is 1.18 bits per heavy atom. The highest BCUT2D eigenvalue weighted by molar-refractivity contribution is 6.30. The number of urea groups is 1. The Hall–Kier alpha value is -1.22. The Labute approximate surface area is 108 Å². The molecule has 2 N–H and O–H groups in total. The minimum Gasteiger partial charge on any atom is -0.338 e. The Morgan fingerprint density at radius 2 is 1.88 bits per heavy atom. The van der Waals surface area contributed by atoms with Crippen molar-refractivity contribution in [2.75, 3.05) is 11.9 Å². The van der Waals surface area contributed by atoms with Crippen LogP contribution in [0.15, 0.2) is 24.3 Å². The molecule has 0 saturated heterocycles.